The van der Waals surface area contributed by atoms with Crippen molar-refractivity contribution in [2.75, 3.05) is 0 Å². The van der Waals surface area contributed by atoms with Crippen LogP contribution in [0.15, 0.2) is 65.7 Å². The molecule has 144 valence electrons. The summed E-state index contributed by atoms with van der Waals surface area (Å²) in [5.74, 6) is 4.84. The number of hydrogen-bond donors (Lipinski definition) is 0. The summed E-state index contributed by atoms with van der Waals surface area (Å²) in [6.07, 6.45) is 3.33. The molecule has 0 radical (unpaired) electrons. The third-order valence-electron chi connectivity index (χ3n) is 4.52. The van der Waals surface area contributed by atoms with Crippen LogP contribution in [0, 0.1) is 23.5 Å². The van der Waals surface area contributed by atoms with Gasteiger partial charge in [-0.15, -0.1) is 0 Å². The van der Waals surface area contributed by atoms with E-state index in [1.54, 1.807) is 18.2 Å². The Labute approximate surface area is 175 Å². The Kier molecular flexibility index (Phi) is 7.03. The molecule has 3 aromatic carbocycles. The Morgan fingerprint density at radius 3 is 2.10 bits per heavy atom. The van der Waals surface area contributed by atoms with Gasteiger partial charge in [0.15, 0.2) is 5.82 Å². The fourth-order valence-corrected chi connectivity index (χ4v) is 3.03. The highest BCUT2D eigenvalue weighted by molar-refractivity contribution is 7.78. The molecule has 0 heterocycles. The van der Waals surface area contributed by atoms with Crippen molar-refractivity contribution in [1.82, 2.24) is 0 Å². The number of benzene rings is 3. The monoisotopic (exact) mass is 403 g/mol. The van der Waals surface area contributed by atoms with Crippen LogP contribution in [0.1, 0.15) is 36.5 Å². The van der Waals surface area contributed by atoms with Crippen LogP contribution < -0.4 is 0 Å². The van der Waals surface area contributed by atoms with Crippen LogP contribution in [0.3, 0.4) is 0 Å². The van der Waals surface area contributed by atoms with Gasteiger partial charge >= 0.3 is 0 Å². The fourth-order valence-electron chi connectivity index (χ4n) is 2.93. The minimum Gasteiger partial charge on any atom is -0.206 e. The molecular formula is C25H19F2NS. The van der Waals surface area contributed by atoms with Gasteiger partial charge in [-0.25, -0.2) is 8.78 Å². The van der Waals surface area contributed by atoms with Crippen LogP contribution in [0.2, 0.25) is 0 Å². The zero-order valence-corrected chi connectivity index (χ0v) is 16.8. The van der Waals surface area contributed by atoms with Gasteiger partial charge in [-0.1, -0.05) is 55.5 Å². The molecular weight excluding hydrogens is 384 g/mol. The average Bonchev–Trinajstić information content (AvgIpc) is 2.73. The molecule has 3 aromatic rings. The number of rotatable bonds is 5. The lowest BCUT2D eigenvalue weighted by atomic mass is 10.00. The lowest BCUT2D eigenvalue weighted by Gasteiger charge is -2.06. The van der Waals surface area contributed by atoms with E-state index in [9.17, 15) is 8.78 Å². The summed E-state index contributed by atoms with van der Waals surface area (Å²) >= 11 is 4.48. The van der Waals surface area contributed by atoms with Crippen LogP contribution in [-0.4, -0.2) is 5.16 Å². The smallest absolute Gasteiger partial charge is 0.150 e. The summed E-state index contributed by atoms with van der Waals surface area (Å²) < 4.78 is 28.5. The molecule has 0 unspecified atom stereocenters. The molecule has 0 aliphatic rings. The molecule has 3 rings (SSSR count). The van der Waals surface area contributed by atoms with E-state index in [1.807, 2.05) is 24.3 Å². The molecule has 0 saturated heterocycles. The van der Waals surface area contributed by atoms with Gasteiger partial charge in [-0.3, -0.25) is 0 Å². The second-order valence-electron chi connectivity index (χ2n) is 6.61. The van der Waals surface area contributed by atoms with E-state index in [2.05, 4.69) is 41.1 Å². The normalized spacial score (nSPS) is 10.0. The standard InChI is InChI=1S/C25H19F2NS/c1-2-3-4-18-7-11-21(12-8-18)22-13-9-19(15-23(22)26)5-6-20-10-14-25(28-17-29)24(27)16-20/h7-16H,2-4H2,1H3. The number of thiocarbonyl (C=S) groups is 1. The minimum atomic E-state index is -0.530. The van der Waals surface area contributed by atoms with E-state index < -0.39 is 5.82 Å². The third-order valence-corrected chi connectivity index (χ3v) is 4.61. The number of aryl methyl sites for hydroxylation is 1. The zero-order chi connectivity index (χ0) is 20.6. The molecule has 0 fully saturated rings. The van der Waals surface area contributed by atoms with Crippen molar-refractivity contribution in [3.8, 4) is 23.0 Å². The van der Waals surface area contributed by atoms with Crippen LogP contribution in [-0.2, 0) is 6.42 Å². The van der Waals surface area contributed by atoms with Gasteiger partial charge in [0.1, 0.15) is 11.5 Å². The maximum absolute atomic E-state index is 14.6. The van der Waals surface area contributed by atoms with E-state index in [4.69, 9.17) is 0 Å². The predicted molar refractivity (Wildman–Crippen MR) is 118 cm³/mol. The van der Waals surface area contributed by atoms with Gasteiger partial charge in [0.2, 0.25) is 0 Å². The van der Waals surface area contributed by atoms with E-state index in [0.717, 1.165) is 24.8 Å². The van der Waals surface area contributed by atoms with Gasteiger partial charge in [0.25, 0.3) is 0 Å². The number of unbranched alkanes of at least 4 members (excludes halogenated alkanes) is 1. The zero-order valence-electron chi connectivity index (χ0n) is 16.0. The van der Waals surface area contributed by atoms with Crippen LogP contribution in [0.4, 0.5) is 14.5 Å². The molecule has 0 aliphatic carbocycles. The summed E-state index contributed by atoms with van der Waals surface area (Å²) in [6.45, 7) is 2.16. The van der Waals surface area contributed by atoms with E-state index in [-0.39, 0.29) is 11.5 Å². The van der Waals surface area contributed by atoms with Gasteiger partial charge in [0.05, 0.1) is 5.16 Å². The van der Waals surface area contributed by atoms with Crippen molar-refractivity contribution < 1.29 is 8.78 Å². The number of aliphatic imine (C=N–C) groups is 1. The maximum Gasteiger partial charge on any atom is 0.150 e. The Balaban J connectivity index is 1.79. The highest BCUT2D eigenvalue weighted by atomic mass is 32.1. The van der Waals surface area contributed by atoms with E-state index in [1.165, 1.54) is 23.8 Å². The second-order valence-corrected chi connectivity index (χ2v) is 6.80. The second kappa shape index (κ2) is 9.89. The van der Waals surface area contributed by atoms with Crippen molar-refractivity contribution >= 4 is 23.1 Å². The first kappa shape index (κ1) is 20.6. The molecule has 4 heteroatoms. The van der Waals surface area contributed by atoms with Crippen molar-refractivity contribution in [1.29, 1.82) is 0 Å². The Hall–Kier alpha value is -3.12. The largest absolute Gasteiger partial charge is 0.206 e. The van der Waals surface area contributed by atoms with Crippen molar-refractivity contribution in [2.45, 2.75) is 26.2 Å². The number of nitrogens with zero attached hydrogens (tertiary/aromatic N) is 1. The quantitative estimate of drug-likeness (QED) is 0.251. The molecule has 0 N–H and O–H groups in total. The summed E-state index contributed by atoms with van der Waals surface area (Å²) in [5.41, 5.74) is 3.73. The number of isothiocyanates is 1. The third kappa shape index (κ3) is 5.45. The number of hydrogen-bond acceptors (Lipinski definition) is 2. The molecule has 0 bridgehead atoms. The molecule has 0 spiro atoms. The summed E-state index contributed by atoms with van der Waals surface area (Å²) in [5, 5.41) is 2.13. The molecule has 1 nitrogen and oxygen atoms in total. The van der Waals surface area contributed by atoms with Gasteiger partial charge in [-0.05, 0) is 66.5 Å². The molecule has 0 atom stereocenters. The molecule has 0 aromatic heterocycles. The fraction of sp³-hybridized carbons (Fsp3) is 0.160. The first-order valence-corrected chi connectivity index (χ1v) is 9.80. The van der Waals surface area contributed by atoms with E-state index in [0.29, 0.717) is 16.7 Å². The summed E-state index contributed by atoms with van der Waals surface area (Å²) in [7, 11) is 0. The highest BCUT2D eigenvalue weighted by Gasteiger charge is 2.06. The van der Waals surface area contributed by atoms with Crippen molar-refractivity contribution in [3.05, 3.63) is 89.0 Å². The minimum absolute atomic E-state index is 0.113. The number of halogens is 2. The van der Waals surface area contributed by atoms with Crippen LogP contribution in [0.5, 0.6) is 0 Å². The van der Waals surface area contributed by atoms with E-state index >= 15 is 0 Å². The molecule has 0 saturated carbocycles. The van der Waals surface area contributed by atoms with Gasteiger partial charge < -0.3 is 0 Å². The molecule has 0 amide bonds. The van der Waals surface area contributed by atoms with Crippen LogP contribution in [0.25, 0.3) is 11.1 Å². The van der Waals surface area contributed by atoms with Crippen molar-refractivity contribution in [2.24, 2.45) is 4.99 Å². The summed E-state index contributed by atoms with van der Waals surface area (Å²) in [4.78, 5) is 3.63. The molecule has 29 heavy (non-hydrogen) atoms. The Morgan fingerprint density at radius 1 is 0.862 bits per heavy atom. The SMILES string of the molecule is CCCCc1ccc(-c2ccc(C#Cc3ccc(N=C=S)c(F)c3)cc2F)cc1. The van der Waals surface area contributed by atoms with Crippen molar-refractivity contribution in [3.63, 3.8) is 0 Å². The Bertz CT molecular complexity index is 1120. The topological polar surface area (TPSA) is 12.4 Å². The first-order valence-electron chi connectivity index (χ1n) is 9.39. The summed E-state index contributed by atoms with van der Waals surface area (Å²) in [6, 6.07) is 17.2. The average molecular weight is 403 g/mol. The highest BCUT2D eigenvalue weighted by Crippen LogP contribution is 2.24. The lowest BCUT2D eigenvalue weighted by Crippen LogP contribution is -1.89. The Morgan fingerprint density at radius 2 is 1.52 bits per heavy atom. The van der Waals surface area contributed by atoms with Crippen LogP contribution >= 0.6 is 12.2 Å². The predicted octanol–water partition coefficient (Wildman–Crippen LogP) is 7.11. The first-order chi connectivity index (χ1) is 14.1. The van der Waals surface area contributed by atoms with Gasteiger partial charge in [-0.2, -0.15) is 4.99 Å². The maximum atomic E-state index is 14.6. The molecule has 0 aliphatic heterocycles. The lowest BCUT2D eigenvalue weighted by molar-refractivity contribution is 0.629. The van der Waals surface area contributed by atoms with Gasteiger partial charge in [0, 0.05) is 16.7 Å².